The molecule has 0 unspecified atom stereocenters. The quantitative estimate of drug-likeness (QED) is 0.519. The highest BCUT2D eigenvalue weighted by atomic mass is 19.4. The van der Waals surface area contributed by atoms with Crippen molar-refractivity contribution in [2.45, 2.75) is 13.0 Å². The summed E-state index contributed by atoms with van der Waals surface area (Å²) in [6, 6.07) is 1.22. The van der Waals surface area contributed by atoms with Gasteiger partial charge in [0, 0.05) is 6.07 Å². The molecule has 18 heavy (non-hydrogen) atoms. The Bertz CT molecular complexity index is 447. The number of aldehydes is 1. The number of halogens is 5. The first-order valence-electron chi connectivity index (χ1n) is 4.32. The van der Waals surface area contributed by atoms with E-state index in [0.717, 1.165) is 0 Å². The normalized spacial score (nSPS) is 11.4. The van der Waals surface area contributed by atoms with E-state index in [-0.39, 0.29) is 6.29 Å². The lowest BCUT2D eigenvalue weighted by Gasteiger charge is -2.13. The summed E-state index contributed by atoms with van der Waals surface area (Å²) in [5.74, 6) is -1.50. The zero-order chi connectivity index (χ0) is 13.9. The Balaban J connectivity index is 3.14. The van der Waals surface area contributed by atoms with E-state index in [1.807, 2.05) is 0 Å². The molecule has 100 valence electrons. The highest BCUT2D eigenvalue weighted by molar-refractivity contribution is 5.84. The van der Waals surface area contributed by atoms with Crippen molar-refractivity contribution in [2.75, 3.05) is 5.73 Å². The fourth-order valence-corrected chi connectivity index (χ4v) is 1.15. The first kappa shape index (κ1) is 14.0. The third-order valence-corrected chi connectivity index (χ3v) is 1.69. The average Bonchev–Trinajstić information content (AvgIpc) is 2.18. The smallest absolute Gasteiger partial charge is 0.432 e. The molecule has 0 bridgehead atoms. The lowest BCUT2D eigenvalue weighted by molar-refractivity contribution is -0.274. The third-order valence-electron chi connectivity index (χ3n) is 1.69. The van der Waals surface area contributed by atoms with Crippen molar-refractivity contribution in [3.63, 3.8) is 0 Å². The van der Waals surface area contributed by atoms with Crippen molar-refractivity contribution in [2.24, 2.45) is 0 Å². The van der Waals surface area contributed by atoms with Gasteiger partial charge < -0.3 is 15.2 Å². The van der Waals surface area contributed by atoms with Crippen LogP contribution in [0.1, 0.15) is 10.4 Å². The monoisotopic (exact) mass is 271 g/mol. The van der Waals surface area contributed by atoms with E-state index in [4.69, 9.17) is 5.73 Å². The first-order chi connectivity index (χ1) is 8.23. The van der Waals surface area contributed by atoms with Crippen LogP contribution in [0.4, 0.5) is 27.6 Å². The van der Waals surface area contributed by atoms with Gasteiger partial charge in [0.25, 0.3) is 0 Å². The van der Waals surface area contributed by atoms with Gasteiger partial charge in [0.05, 0.1) is 11.3 Å². The standard InChI is InChI=1S/C9H6F5NO3/c10-8(11)17-7-4(3-16)1-5(2-6(7)15)18-9(12,13)14/h1-3,8H,15H2. The molecular weight excluding hydrogens is 265 g/mol. The van der Waals surface area contributed by atoms with Gasteiger partial charge in [0.2, 0.25) is 0 Å². The number of nitrogen functional groups attached to an aromatic ring is 1. The molecular formula is C9H6F5NO3. The van der Waals surface area contributed by atoms with Crippen LogP contribution in [-0.2, 0) is 0 Å². The Hall–Kier alpha value is -2.06. The molecule has 9 heteroatoms. The van der Waals surface area contributed by atoms with Gasteiger partial charge >= 0.3 is 13.0 Å². The fraction of sp³-hybridized carbons (Fsp3) is 0.222. The van der Waals surface area contributed by atoms with Crippen LogP contribution in [0.25, 0.3) is 0 Å². The molecule has 0 aliphatic heterocycles. The number of benzene rings is 1. The molecule has 4 nitrogen and oxygen atoms in total. The fourth-order valence-electron chi connectivity index (χ4n) is 1.15. The van der Waals surface area contributed by atoms with Crippen molar-refractivity contribution >= 4 is 12.0 Å². The SMILES string of the molecule is Nc1cc(OC(F)(F)F)cc(C=O)c1OC(F)F. The van der Waals surface area contributed by atoms with E-state index in [9.17, 15) is 26.7 Å². The van der Waals surface area contributed by atoms with Crippen LogP contribution in [0.2, 0.25) is 0 Å². The number of hydrogen-bond acceptors (Lipinski definition) is 4. The molecule has 0 aliphatic rings. The number of carbonyl (C=O) groups is 1. The van der Waals surface area contributed by atoms with Gasteiger partial charge in [-0.05, 0) is 6.07 Å². The van der Waals surface area contributed by atoms with Crippen LogP contribution in [0.15, 0.2) is 12.1 Å². The maximum absolute atomic E-state index is 12.0. The Kier molecular flexibility index (Phi) is 3.94. The molecule has 0 aromatic heterocycles. The van der Waals surface area contributed by atoms with Crippen LogP contribution < -0.4 is 15.2 Å². The summed E-state index contributed by atoms with van der Waals surface area (Å²) < 4.78 is 67.1. The molecule has 0 saturated heterocycles. The molecule has 0 fully saturated rings. The van der Waals surface area contributed by atoms with E-state index in [0.29, 0.717) is 12.1 Å². The van der Waals surface area contributed by atoms with E-state index in [1.54, 1.807) is 0 Å². The van der Waals surface area contributed by atoms with Gasteiger partial charge in [-0.1, -0.05) is 0 Å². The lowest BCUT2D eigenvalue weighted by atomic mass is 10.2. The molecule has 1 aromatic rings. The molecule has 0 atom stereocenters. The summed E-state index contributed by atoms with van der Waals surface area (Å²) in [5, 5.41) is 0. The Morgan fingerprint density at radius 2 is 1.89 bits per heavy atom. The number of hydrogen-bond donors (Lipinski definition) is 1. The van der Waals surface area contributed by atoms with Crippen LogP contribution in [0.5, 0.6) is 11.5 Å². The van der Waals surface area contributed by atoms with Gasteiger partial charge in [-0.2, -0.15) is 8.78 Å². The van der Waals surface area contributed by atoms with E-state index < -0.39 is 35.7 Å². The maximum Gasteiger partial charge on any atom is 0.573 e. The Morgan fingerprint density at radius 1 is 1.28 bits per heavy atom. The predicted molar refractivity (Wildman–Crippen MR) is 49.6 cm³/mol. The average molecular weight is 271 g/mol. The zero-order valence-electron chi connectivity index (χ0n) is 8.50. The molecule has 0 saturated carbocycles. The van der Waals surface area contributed by atoms with Gasteiger partial charge in [-0.15, -0.1) is 13.2 Å². The predicted octanol–water partition coefficient (Wildman–Crippen LogP) is 2.58. The van der Waals surface area contributed by atoms with Gasteiger partial charge in [0.1, 0.15) is 5.75 Å². The minimum Gasteiger partial charge on any atom is -0.432 e. The third kappa shape index (κ3) is 3.75. The molecule has 1 aromatic carbocycles. The summed E-state index contributed by atoms with van der Waals surface area (Å²) in [6.07, 6.45) is -4.96. The summed E-state index contributed by atoms with van der Waals surface area (Å²) in [4.78, 5) is 10.6. The van der Waals surface area contributed by atoms with Crippen LogP contribution in [0.3, 0.4) is 0 Å². The highest BCUT2D eigenvalue weighted by Crippen LogP contribution is 2.34. The summed E-state index contributed by atoms with van der Waals surface area (Å²) in [6.45, 7) is -3.26. The first-order valence-corrected chi connectivity index (χ1v) is 4.32. The van der Waals surface area contributed by atoms with Crippen molar-refractivity contribution in [3.05, 3.63) is 17.7 Å². The number of carbonyl (C=O) groups excluding carboxylic acids is 1. The van der Waals surface area contributed by atoms with Crippen molar-refractivity contribution in [3.8, 4) is 11.5 Å². The van der Waals surface area contributed by atoms with Crippen molar-refractivity contribution in [1.82, 2.24) is 0 Å². The molecule has 1 rings (SSSR count). The van der Waals surface area contributed by atoms with Crippen molar-refractivity contribution in [1.29, 1.82) is 0 Å². The second kappa shape index (κ2) is 5.07. The molecule has 0 spiro atoms. The second-order valence-electron chi connectivity index (χ2n) is 2.98. The largest absolute Gasteiger partial charge is 0.573 e. The second-order valence-corrected chi connectivity index (χ2v) is 2.98. The number of nitrogens with two attached hydrogens (primary N) is 1. The summed E-state index contributed by atoms with van der Waals surface area (Å²) in [7, 11) is 0. The van der Waals surface area contributed by atoms with Crippen LogP contribution in [-0.4, -0.2) is 19.3 Å². The highest BCUT2D eigenvalue weighted by Gasteiger charge is 2.31. The number of alkyl halides is 5. The van der Waals surface area contributed by atoms with Gasteiger partial charge in [-0.25, -0.2) is 0 Å². The zero-order valence-corrected chi connectivity index (χ0v) is 8.50. The van der Waals surface area contributed by atoms with Gasteiger partial charge in [-0.3, -0.25) is 4.79 Å². The Morgan fingerprint density at radius 3 is 2.33 bits per heavy atom. The molecule has 0 radical (unpaired) electrons. The van der Waals surface area contributed by atoms with E-state index in [1.165, 1.54) is 0 Å². The van der Waals surface area contributed by atoms with E-state index in [2.05, 4.69) is 9.47 Å². The van der Waals surface area contributed by atoms with Crippen LogP contribution >= 0.6 is 0 Å². The minimum absolute atomic E-state index is 0.0251. The molecule has 0 aliphatic carbocycles. The molecule has 0 amide bonds. The maximum atomic E-state index is 12.0. The lowest BCUT2D eigenvalue weighted by Crippen LogP contribution is -2.17. The van der Waals surface area contributed by atoms with Crippen LogP contribution in [0, 0.1) is 0 Å². The van der Waals surface area contributed by atoms with Crippen molar-refractivity contribution < 1.29 is 36.2 Å². The van der Waals surface area contributed by atoms with E-state index >= 15 is 0 Å². The Labute approximate surface area is 97.1 Å². The van der Waals surface area contributed by atoms with Gasteiger partial charge in [0.15, 0.2) is 12.0 Å². The minimum atomic E-state index is -4.99. The summed E-state index contributed by atoms with van der Waals surface area (Å²) >= 11 is 0. The molecule has 0 heterocycles. The molecule has 2 N–H and O–H groups in total. The number of rotatable bonds is 4. The number of ether oxygens (including phenoxy) is 2. The number of anilines is 1. The summed E-state index contributed by atoms with van der Waals surface area (Å²) in [5.41, 5.74) is 4.06. The topological polar surface area (TPSA) is 61.5 Å².